The van der Waals surface area contributed by atoms with E-state index in [1.807, 2.05) is 41.2 Å². The lowest BCUT2D eigenvalue weighted by Crippen LogP contribution is -2.10. The Morgan fingerprint density at radius 3 is 2.67 bits per heavy atom. The molecule has 0 bridgehead atoms. The zero-order chi connectivity index (χ0) is 12.8. The van der Waals surface area contributed by atoms with Crippen LogP contribution in [0, 0.1) is 0 Å². The van der Waals surface area contributed by atoms with Crippen molar-refractivity contribution in [1.29, 1.82) is 0 Å². The summed E-state index contributed by atoms with van der Waals surface area (Å²) in [5, 5.41) is 4.28. The van der Waals surface area contributed by atoms with Gasteiger partial charge in [0, 0.05) is 12.7 Å². The molecular formula is C13H17N3O2. The Bertz CT molecular complexity index is 496. The fourth-order valence-electron chi connectivity index (χ4n) is 1.62. The summed E-state index contributed by atoms with van der Waals surface area (Å²) in [7, 11) is 1.63. The first-order chi connectivity index (χ1) is 8.83. The summed E-state index contributed by atoms with van der Waals surface area (Å²) < 4.78 is 12.7. The number of rotatable bonds is 6. The summed E-state index contributed by atoms with van der Waals surface area (Å²) >= 11 is 0. The van der Waals surface area contributed by atoms with Crippen LogP contribution in [-0.2, 0) is 13.1 Å². The minimum atomic E-state index is 0.459. The molecule has 0 aliphatic heterocycles. The molecule has 2 aromatic rings. The Morgan fingerprint density at radius 2 is 2.00 bits per heavy atom. The van der Waals surface area contributed by atoms with Crippen molar-refractivity contribution in [2.45, 2.75) is 13.1 Å². The molecule has 0 spiro atoms. The second-order valence-electron chi connectivity index (χ2n) is 3.77. The van der Waals surface area contributed by atoms with Gasteiger partial charge in [-0.25, -0.2) is 0 Å². The van der Waals surface area contributed by atoms with Crippen LogP contribution < -0.4 is 15.2 Å². The van der Waals surface area contributed by atoms with Crippen LogP contribution >= 0.6 is 0 Å². The minimum Gasteiger partial charge on any atom is -0.493 e. The number of para-hydroxylation sites is 2. The fourth-order valence-corrected chi connectivity index (χ4v) is 1.62. The highest BCUT2D eigenvalue weighted by atomic mass is 16.5. The second kappa shape index (κ2) is 6.07. The summed E-state index contributed by atoms with van der Waals surface area (Å²) in [5.74, 6) is 1.48. The third-order valence-electron chi connectivity index (χ3n) is 2.55. The van der Waals surface area contributed by atoms with Crippen LogP contribution in [0.5, 0.6) is 11.5 Å². The van der Waals surface area contributed by atoms with E-state index in [0.29, 0.717) is 19.7 Å². The van der Waals surface area contributed by atoms with Gasteiger partial charge in [-0.15, -0.1) is 0 Å². The number of benzene rings is 1. The molecule has 0 unspecified atom stereocenters. The zero-order valence-corrected chi connectivity index (χ0v) is 10.4. The lowest BCUT2D eigenvalue weighted by molar-refractivity contribution is 0.274. The van der Waals surface area contributed by atoms with E-state index in [-0.39, 0.29) is 0 Å². The number of methoxy groups -OCH3 is 1. The molecule has 5 nitrogen and oxygen atoms in total. The Kier molecular flexibility index (Phi) is 4.20. The van der Waals surface area contributed by atoms with Crippen LogP contribution in [0.25, 0.3) is 0 Å². The molecule has 0 saturated heterocycles. The Hall–Kier alpha value is -2.01. The SMILES string of the molecule is COc1ccccc1OCCn1ccc(CN)n1. The number of nitrogens with zero attached hydrogens (tertiary/aromatic N) is 2. The monoisotopic (exact) mass is 247 g/mol. The van der Waals surface area contributed by atoms with Gasteiger partial charge in [0.15, 0.2) is 11.5 Å². The van der Waals surface area contributed by atoms with Gasteiger partial charge in [0.2, 0.25) is 0 Å². The van der Waals surface area contributed by atoms with E-state index in [1.165, 1.54) is 0 Å². The highest BCUT2D eigenvalue weighted by Crippen LogP contribution is 2.25. The van der Waals surface area contributed by atoms with Crippen LogP contribution in [0.3, 0.4) is 0 Å². The first-order valence-electron chi connectivity index (χ1n) is 5.81. The molecule has 5 heteroatoms. The molecule has 0 fully saturated rings. The van der Waals surface area contributed by atoms with E-state index in [2.05, 4.69) is 5.10 Å². The zero-order valence-electron chi connectivity index (χ0n) is 10.4. The number of ether oxygens (including phenoxy) is 2. The lowest BCUT2D eigenvalue weighted by Gasteiger charge is -2.10. The Balaban J connectivity index is 1.88. The quantitative estimate of drug-likeness (QED) is 0.838. The van der Waals surface area contributed by atoms with Crippen molar-refractivity contribution in [3.05, 3.63) is 42.2 Å². The molecule has 0 saturated carbocycles. The summed E-state index contributed by atoms with van der Waals surface area (Å²) in [6.07, 6.45) is 1.90. The second-order valence-corrected chi connectivity index (χ2v) is 3.77. The van der Waals surface area contributed by atoms with Crippen molar-refractivity contribution < 1.29 is 9.47 Å². The molecular weight excluding hydrogens is 230 g/mol. The van der Waals surface area contributed by atoms with Crippen molar-refractivity contribution in [1.82, 2.24) is 9.78 Å². The van der Waals surface area contributed by atoms with E-state index in [4.69, 9.17) is 15.2 Å². The van der Waals surface area contributed by atoms with Crippen LogP contribution in [0.4, 0.5) is 0 Å². The Morgan fingerprint density at radius 1 is 1.22 bits per heavy atom. The van der Waals surface area contributed by atoms with E-state index < -0.39 is 0 Å². The van der Waals surface area contributed by atoms with E-state index >= 15 is 0 Å². The highest BCUT2D eigenvalue weighted by molar-refractivity contribution is 5.39. The van der Waals surface area contributed by atoms with Gasteiger partial charge in [0.25, 0.3) is 0 Å². The number of hydrogen-bond acceptors (Lipinski definition) is 4. The first kappa shape index (κ1) is 12.4. The average molecular weight is 247 g/mol. The maximum absolute atomic E-state index is 5.66. The van der Waals surface area contributed by atoms with Crippen molar-refractivity contribution in [2.24, 2.45) is 5.73 Å². The fraction of sp³-hybridized carbons (Fsp3) is 0.308. The Labute approximate surface area is 106 Å². The van der Waals surface area contributed by atoms with E-state index in [0.717, 1.165) is 17.2 Å². The number of aromatic nitrogens is 2. The van der Waals surface area contributed by atoms with Gasteiger partial charge in [-0.3, -0.25) is 4.68 Å². The van der Waals surface area contributed by atoms with Crippen LogP contribution in [0.2, 0.25) is 0 Å². The van der Waals surface area contributed by atoms with Crippen LogP contribution in [0.15, 0.2) is 36.5 Å². The summed E-state index contributed by atoms with van der Waals surface area (Å²) in [5.41, 5.74) is 6.38. The smallest absolute Gasteiger partial charge is 0.161 e. The average Bonchev–Trinajstić information content (AvgIpc) is 2.87. The van der Waals surface area contributed by atoms with Crippen molar-refractivity contribution >= 4 is 0 Å². The van der Waals surface area contributed by atoms with Crippen LogP contribution in [0.1, 0.15) is 5.69 Å². The van der Waals surface area contributed by atoms with Gasteiger partial charge in [0.1, 0.15) is 6.61 Å². The predicted molar refractivity (Wildman–Crippen MR) is 68.6 cm³/mol. The molecule has 2 N–H and O–H groups in total. The van der Waals surface area contributed by atoms with Gasteiger partial charge in [0.05, 0.1) is 19.3 Å². The summed E-state index contributed by atoms with van der Waals surface area (Å²) in [4.78, 5) is 0. The standard InChI is InChI=1S/C13H17N3O2/c1-17-12-4-2-3-5-13(12)18-9-8-16-7-6-11(10-14)15-16/h2-7H,8-10,14H2,1H3. The van der Waals surface area contributed by atoms with Gasteiger partial charge in [-0.1, -0.05) is 12.1 Å². The topological polar surface area (TPSA) is 62.3 Å². The molecule has 1 aromatic heterocycles. The molecule has 0 amide bonds. The third-order valence-corrected chi connectivity index (χ3v) is 2.55. The van der Waals surface area contributed by atoms with Gasteiger partial charge < -0.3 is 15.2 Å². The van der Waals surface area contributed by atoms with Gasteiger partial charge in [-0.05, 0) is 18.2 Å². The molecule has 96 valence electrons. The minimum absolute atomic E-state index is 0.459. The van der Waals surface area contributed by atoms with E-state index in [1.54, 1.807) is 7.11 Å². The van der Waals surface area contributed by atoms with E-state index in [9.17, 15) is 0 Å². The maximum Gasteiger partial charge on any atom is 0.161 e. The molecule has 18 heavy (non-hydrogen) atoms. The molecule has 0 atom stereocenters. The molecule has 2 rings (SSSR count). The molecule has 1 aromatic carbocycles. The predicted octanol–water partition coefficient (Wildman–Crippen LogP) is 1.43. The van der Waals surface area contributed by atoms with Gasteiger partial charge in [-0.2, -0.15) is 5.10 Å². The first-order valence-corrected chi connectivity index (χ1v) is 5.81. The molecule has 0 radical (unpaired) electrons. The molecule has 0 aliphatic carbocycles. The number of nitrogens with two attached hydrogens (primary N) is 1. The molecule has 1 heterocycles. The largest absolute Gasteiger partial charge is 0.493 e. The van der Waals surface area contributed by atoms with Crippen molar-refractivity contribution in [3.63, 3.8) is 0 Å². The third kappa shape index (κ3) is 3.01. The summed E-state index contributed by atoms with van der Waals surface area (Å²) in [6, 6.07) is 9.48. The maximum atomic E-state index is 5.66. The number of hydrogen-bond donors (Lipinski definition) is 1. The molecule has 0 aliphatic rings. The van der Waals surface area contributed by atoms with Crippen molar-refractivity contribution in [2.75, 3.05) is 13.7 Å². The van der Waals surface area contributed by atoms with Crippen LogP contribution in [-0.4, -0.2) is 23.5 Å². The van der Waals surface area contributed by atoms with Gasteiger partial charge >= 0.3 is 0 Å². The summed E-state index contributed by atoms with van der Waals surface area (Å²) in [6.45, 7) is 1.67. The normalized spacial score (nSPS) is 10.3. The lowest BCUT2D eigenvalue weighted by atomic mass is 10.3. The van der Waals surface area contributed by atoms with Crippen molar-refractivity contribution in [3.8, 4) is 11.5 Å². The highest BCUT2D eigenvalue weighted by Gasteiger charge is 2.02.